The summed E-state index contributed by atoms with van der Waals surface area (Å²) in [5.41, 5.74) is 1.43. The van der Waals surface area contributed by atoms with Crippen molar-refractivity contribution in [3.05, 3.63) is 35.9 Å². The van der Waals surface area contributed by atoms with E-state index in [0.717, 1.165) is 39.0 Å². The highest BCUT2D eigenvalue weighted by atomic mass is 32.2. The first kappa shape index (κ1) is 16.9. The van der Waals surface area contributed by atoms with E-state index in [-0.39, 0.29) is 5.54 Å². The Morgan fingerprint density at radius 1 is 0.913 bits per heavy atom. The number of likely N-dealkylation sites (tertiary alicyclic amines) is 1. The van der Waals surface area contributed by atoms with Crippen LogP contribution in [0.4, 0.5) is 0 Å². The predicted molar refractivity (Wildman–Crippen MR) is 92.8 cm³/mol. The summed E-state index contributed by atoms with van der Waals surface area (Å²) in [5, 5.41) is 0. The van der Waals surface area contributed by atoms with Crippen LogP contribution in [0.3, 0.4) is 0 Å². The molecule has 6 heteroatoms. The highest BCUT2D eigenvalue weighted by molar-refractivity contribution is 7.88. The van der Waals surface area contributed by atoms with Gasteiger partial charge >= 0.3 is 0 Å². The van der Waals surface area contributed by atoms with E-state index >= 15 is 0 Å². The van der Waals surface area contributed by atoms with Gasteiger partial charge in [0, 0.05) is 31.7 Å². The summed E-state index contributed by atoms with van der Waals surface area (Å²) in [6.45, 7) is 4.99. The lowest BCUT2D eigenvalue weighted by atomic mass is 9.79. The van der Waals surface area contributed by atoms with Crippen LogP contribution in [0.15, 0.2) is 30.3 Å². The maximum atomic E-state index is 11.8. The molecule has 0 atom stereocenters. The van der Waals surface area contributed by atoms with Gasteiger partial charge in [-0.2, -0.15) is 4.31 Å². The van der Waals surface area contributed by atoms with Crippen molar-refractivity contribution in [3.8, 4) is 0 Å². The Balaban J connectivity index is 1.83. The lowest BCUT2D eigenvalue weighted by Gasteiger charge is -2.51. The first-order chi connectivity index (χ1) is 10.9. The number of piperazine rings is 1. The SMILES string of the molecule is CN1CCC(c2ccccc2)(N2CCN(S(C)(=O)=O)CC2)CC1. The molecule has 0 aromatic heterocycles. The summed E-state index contributed by atoms with van der Waals surface area (Å²) in [6, 6.07) is 10.8. The van der Waals surface area contributed by atoms with Crippen LogP contribution in [0.2, 0.25) is 0 Å². The maximum absolute atomic E-state index is 11.8. The van der Waals surface area contributed by atoms with Gasteiger partial charge in [-0.1, -0.05) is 30.3 Å². The fourth-order valence-electron chi connectivity index (χ4n) is 3.97. The number of hydrogen-bond donors (Lipinski definition) is 0. The summed E-state index contributed by atoms with van der Waals surface area (Å²) in [7, 11) is -0.898. The van der Waals surface area contributed by atoms with E-state index in [1.54, 1.807) is 4.31 Å². The average Bonchev–Trinajstić information content (AvgIpc) is 2.56. The summed E-state index contributed by atoms with van der Waals surface area (Å²) in [6.07, 6.45) is 3.52. The molecule has 0 spiro atoms. The zero-order valence-electron chi connectivity index (χ0n) is 14.1. The second kappa shape index (κ2) is 6.51. The van der Waals surface area contributed by atoms with Crippen molar-refractivity contribution in [1.29, 1.82) is 0 Å². The van der Waals surface area contributed by atoms with Gasteiger partial charge in [0.25, 0.3) is 0 Å². The van der Waals surface area contributed by atoms with E-state index in [1.807, 2.05) is 0 Å². The van der Waals surface area contributed by atoms with Crippen LogP contribution in [0.25, 0.3) is 0 Å². The van der Waals surface area contributed by atoms with Crippen LogP contribution in [-0.4, -0.2) is 75.1 Å². The molecule has 0 N–H and O–H groups in total. The van der Waals surface area contributed by atoms with Crippen molar-refractivity contribution in [2.45, 2.75) is 18.4 Å². The predicted octanol–water partition coefficient (Wildman–Crippen LogP) is 1.18. The minimum atomic E-state index is -3.07. The second-order valence-electron chi connectivity index (χ2n) is 6.85. The van der Waals surface area contributed by atoms with Crippen molar-refractivity contribution >= 4 is 10.0 Å². The first-order valence-corrected chi connectivity index (χ1v) is 10.2. The third kappa shape index (κ3) is 3.45. The molecule has 0 bridgehead atoms. The number of sulfonamides is 1. The van der Waals surface area contributed by atoms with Gasteiger partial charge in [-0.15, -0.1) is 0 Å². The third-order valence-corrected chi connectivity index (χ3v) is 6.74. The maximum Gasteiger partial charge on any atom is 0.211 e. The van der Waals surface area contributed by atoms with Crippen molar-refractivity contribution in [3.63, 3.8) is 0 Å². The zero-order chi connectivity index (χ0) is 16.5. The number of rotatable bonds is 3. The molecule has 0 unspecified atom stereocenters. The van der Waals surface area contributed by atoms with Crippen molar-refractivity contribution in [1.82, 2.24) is 14.1 Å². The fraction of sp³-hybridized carbons (Fsp3) is 0.647. The first-order valence-electron chi connectivity index (χ1n) is 8.36. The Morgan fingerprint density at radius 2 is 1.48 bits per heavy atom. The fourth-order valence-corrected chi connectivity index (χ4v) is 4.80. The van der Waals surface area contributed by atoms with Crippen LogP contribution >= 0.6 is 0 Å². The molecule has 0 radical (unpaired) electrons. The lowest BCUT2D eigenvalue weighted by molar-refractivity contribution is 0.00342. The molecular formula is C17H27N3O2S. The highest BCUT2D eigenvalue weighted by Crippen LogP contribution is 2.39. The molecule has 2 fully saturated rings. The summed E-state index contributed by atoms with van der Waals surface area (Å²) in [4.78, 5) is 4.91. The molecule has 2 heterocycles. The Labute approximate surface area is 139 Å². The summed E-state index contributed by atoms with van der Waals surface area (Å²) < 4.78 is 25.1. The molecule has 0 aliphatic carbocycles. The van der Waals surface area contributed by atoms with E-state index in [4.69, 9.17) is 0 Å². The molecule has 5 nitrogen and oxygen atoms in total. The van der Waals surface area contributed by atoms with Crippen molar-refractivity contribution in [2.75, 3.05) is 52.6 Å². The topological polar surface area (TPSA) is 43.9 Å². The Hall–Kier alpha value is -0.950. The van der Waals surface area contributed by atoms with Crippen LogP contribution in [0.1, 0.15) is 18.4 Å². The van der Waals surface area contributed by atoms with Crippen LogP contribution < -0.4 is 0 Å². The Morgan fingerprint density at radius 3 is 2.00 bits per heavy atom. The third-order valence-electron chi connectivity index (χ3n) is 5.44. The zero-order valence-corrected chi connectivity index (χ0v) is 14.9. The van der Waals surface area contributed by atoms with Gasteiger partial charge in [-0.05, 0) is 38.5 Å². The molecular weight excluding hydrogens is 310 g/mol. The smallest absolute Gasteiger partial charge is 0.211 e. The van der Waals surface area contributed by atoms with E-state index < -0.39 is 10.0 Å². The van der Waals surface area contributed by atoms with Crippen molar-refractivity contribution in [2.24, 2.45) is 0 Å². The number of piperidine rings is 1. The molecule has 3 rings (SSSR count). The van der Waals surface area contributed by atoms with Crippen molar-refractivity contribution < 1.29 is 8.42 Å². The minimum Gasteiger partial charge on any atom is -0.306 e. The molecule has 128 valence electrons. The van der Waals surface area contributed by atoms with E-state index in [9.17, 15) is 8.42 Å². The molecule has 1 aromatic rings. The van der Waals surface area contributed by atoms with E-state index in [0.29, 0.717) is 13.1 Å². The standard InChI is InChI=1S/C17H27N3O2S/c1-18-10-8-17(9-11-18,16-6-4-3-5-7-16)19-12-14-20(15-13-19)23(2,21)22/h3-7H,8-15H2,1-2H3. The molecule has 2 saturated heterocycles. The van der Waals surface area contributed by atoms with Gasteiger partial charge in [-0.25, -0.2) is 8.42 Å². The molecule has 0 saturated carbocycles. The van der Waals surface area contributed by atoms with Gasteiger partial charge in [0.15, 0.2) is 0 Å². The summed E-state index contributed by atoms with van der Waals surface area (Å²) in [5.74, 6) is 0. The molecule has 0 amide bonds. The van der Waals surface area contributed by atoms with Crippen LogP contribution in [0, 0.1) is 0 Å². The molecule has 2 aliphatic rings. The van der Waals surface area contributed by atoms with Gasteiger partial charge in [0.2, 0.25) is 10.0 Å². The van der Waals surface area contributed by atoms with Gasteiger partial charge in [0.1, 0.15) is 0 Å². The van der Waals surface area contributed by atoms with E-state index in [2.05, 4.69) is 47.2 Å². The van der Waals surface area contributed by atoms with E-state index in [1.165, 1.54) is 11.8 Å². The lowest BCUT2D eigenvalue weighted by Crippen LogP contribution is -2.59. The highest BCUT2D eigenvalue weighted by Gasteiger charge is 2.42. The summed E-state index contributed by atoms with van der Waals surface area (Å²) >= 11 is 0. The normalized spacial score (nSPS) is 24.6. The monoisotopic (exact) mass is 337 g/mol. The Kier molecular flexibility index (Phi) is 4.78. The molecule has 2 aliphatic heterocycles. The second-order valence-corrected chi connectivity index (χ2v) is 8.83. The number of hydrogen-bond acceptors (Lipinski definition) is 4. The van der Waals surface area contributed by atoms with Crippen LogP contribution in [-0.2, 0) is 15.6 Å². The molecule has 23 heavy (non-hydrogen) atoms. The minimum absolute atomic E-state index is 0.0529. The number of benzene rings is 1. The van der Waals surface area contributed by atoms with Gasteiger partial charge in [0.05, 0.1) is 6.26 Å². The quantitative estimate of drug-likeness (QED) is 0.831. The van der Waals surface area contributed by atoms with Gasteiger partial charge < -0.3 is 4.90 Å². The van der Waals surface area contributed by atoms with Gasteiger partial charge in [-0.3, -0.25) is 4.90 Å². The van der Waals surface area contributed by atoms with Crippen LogP contribution in [0.5, 0.6) is 0 Å². The molecule has 1 aromatic carbocycles. The number of nitrogens with zero attached hydrogens (tertiary/aromatic N) is 3. The largest absolute Gasteiger partial charge is 0.306 e. The Bertz CT molecular complexity index is 616. The average molecular weight is 337 g/mol.